The lowest BCUT2D eigenvalue weighted by Crippen LogP contribution is -2.72. The summed E-state index contributed by atoms with van der Waals surface area (Å²) >= 11 is 6.79. The van der Waals surface area contributed by atoms with Crippen molar-refractivity contribution in [3.63, 3.8) is 0 Å². The first kappa shape index (κ1) is 46.7. The Morgan fingerprint density at radius 3 is 2.51 bits per heavy atom. The molecule has 57 heavy (non-hydrogen) atoms. The first-order chi connectivity index (χ1) is 26.7. The Kier molecular flexibility index (Phi) is 15.5. The quantitative estimate of drug-likeness (QED) is 0.190. The zero-order valence-electron chi connectivity index (χ0n) is 34.8. The van der Waals surface area contributed by atoms with Gasteiger partial charge in [0.1, 0.15) is 46.3 Å². The van der Waals surface area contributed by atoms with Crippen LogP contribution < -0.4 is 15.0 Å². The van der Waals surface area contributed by atoms with Gasteiger partial charge in [0.2, 0.25) is 11.8 Å². The van der Waals surface area contributed by atoms with Crippen LogP contribution in [0.2, 0.25) is 5.02 Å². The predicted molar refractivity (Wildman–Crippen MR) is 222 cm³/mol. The maximum absolute atomic E-state index is 14.2. The van der Waals surface area contributed by atoms with Crippen LogP contribution in [0.15, 0.2) is 35.9 Å². The Morgan fingerprint density at radius 2 is 1.89 bits per heavy atom. The van der Waals surface area contributed by atoms with Crippen molar-refractivity contribution >= 4 is 62.8 Å². The third kappa shape index (κ3) is 10.8. The molecule has 1 aromatic rings. The zero-order valence-corrected chi connectivity index (χ0v) is 37.2. The number of carbonyl (C=O) groups excluding carboxylic acids is 4. The molecule has 4 aliphatic rings. The smallest absolute Gasteiger partial charge is 0.409 e. The maximum Gasteiger partial charge on any atom is 0.409 e. The van der Waals surface area contributed by atoms with Crippen LogP contribution in [0.3, 0.4) is 0 Å². The molecule has 1 aromatic carbocycles. The second-order valence-electron chi connectivity index (χ2n) is 15.8. The van der Waals surface area contributed by atoms with E-state index in [1.807, 2.05) is 26.2 Å². The molecular formula is C40H58ClN3O11S2. The number of esters is 1. The number of rotatable bonds is 12. The van der Waals surface area contributed by atoms with E-state index in [-0.39, 0.29) is 41.4 Å². The fourth-order valence-electron chi connectivity index (χ4n) is 7.70. The summed E-state index contributed by atoms with van der Waals surface area (Å²) in [7, 11) is 10.9. The van der Waals surface area contributed by atoms with Crippen LogP contribution in [0.25, 0.3) is 0 Å². The molecular weight excluding hydrogens is 798 g/mol. The second-order valence-corrected chi connectivity index (χ2v) is 19.2. The number of aliphatic hydroxyl groups is 1. The lowest BCUT2D eigenvalue weighted by molar-refractivity contribution is -0.328. The molecule has 0 aromatic heterocycles. The number of halogens is 1. The number of anilines is 1. The van der Waals surface area contributed by atoms with E-state index in [4.69, 9.17) is 40.0 Å². The summed E-state index contributed by atoms with van der Waals surface area (Å²) < 4.78 is 34.7. The van der Waals surface area contributed by atoms with E-state index in [9.17, 15) is 24.3 Å². The molecule has 318 valence electrons. The van der Waals surface area contributed by atoms with Crippen molar-refractivity contribution in [2.75, 3.05) is 53.2 Å². The van der Waals surface area contributed by atoms with Gasteiger partial charge in [0.15, 0.2) is 5.72 Å². The van der Waals surface area contributed by atoms with Crippen LogP contribution in [-0.2, 0) is 44.5 Å². The molecule has 3 amide bonds. The second kappa shape index (κ2) is 18.9. The summed E-state index contributed by atoms with van der Waals surface area (Å²) in [6, 6.07) is 2.58. The average Bonchev–Trinajstić information content (AvgIpc) is 3.13. The van der Waals surface area contributed by atoms with Crippen molar-refractivity contribution in [1.82, 2.24) is 10.2 Å². The zero-order chi connectivity index (χ0) is 42.5. The highest BCUT2D eigenvalue weighted by Gasteiger charge is 2.63. The Bertz CT molecular complexity index is 1710. The number of likely N-dealkylation sites (N-methyl/N-ethyl adjacent to an activating group) is 1. The van der Waals surface area contributed by atoms with Gasteiger partial charge < -0.3 is 43.3 Å². The third-order valence-electron chi connectivity index (χ3n) is 11.0. The van der Waals surface area contributed by atoms with E-state index >= 15 is 0 Å². The number of alkyl carbamates (subject to hydrolysis) is 1. The van der Waals surface area contributed by atoms with Gasteiger partial charge in [-0.2, -0.15) is 0 Å². The molecule has 17 heteroatoms. The van der Waals surface area contributed by atoms with Crippen LogP contribution in [0.1, 0.15) is 72.3 Å². The molecule has 6 bridgehead atoms. The number of benzene rings is 1. The van der Waals surface area contributed by atoms with Gasteiger partial charge in [-0.25, -0.2) is 9.59 Å². The third-order valence-corrected chi connectivity index (χ3v) is 14.0. The predicted octanol–water partition coefficient (Wildman–Crippen LogP) is 5.86. The summed E-state index contributed by atoms with van der Waals surface area (Å²) in [5.41, 5.74) is -2.17. The lowest BCUT2D eigenvalue weighted by atomic mass is 9.72. The van der Waals surface area contributed by atoms with E-state index in [1.165, 1.54) is 24.0 Å². The van der Waals surface area contributed by atoms with E-state index in [0.717, 1.165) is 11.1 Å². The molecule has 2 fully saturated rings. The van der Waals surface area contributed by atoms with Crippen molar-refractivity contribution in [3.8, 4) is 5.75 Å². The molecule has 5 rings (SSSR count). The normalized spacial score (nSPS) is 31.0. The number of amides is 3. The molecule has 4 heterocycles. The highest BCUT2D eigenvalue weighted by atomic mass is 35.5. The van der Waals surface area contributed by atoms with Crippen LogP contribution in [0.4, 0.5) is 10.5 Å². The van der Waals surface area contributed by atoms with E-state index in [2.05, 4.69) is 5.32 Å². The van der Waals surface area contributed by atoms with Crippen molar-refractivity contribution in [2.24, 2.45) is 0 Å². The molecule has 0 spiro atoms. The summed E-state index contributed by atoms with van der Waals surface area (Å²) in [5.74, 6) is -1.06. The lowest BCUT2D eigenvalue weighted by Gasteiger charge is -2.59. The van der Waals surface area contributed by atoms with Gasteiger partial charge >= 0.3 is 12.1 Å². The van der Waals surface area contributed by atoms with E-state index < -0.39 is 59.3 Å². The number of carbonyl (C=O) groups is 4. The number of ether oxygens (including phenoxy) is 6. The number of methoxy groups -OCH3 is 3. The van der Waals surface area contributed by atoms with Crippen molar-refractivity contribution in [1.29, 1.82) is 0 Å². The molecule has 2 N–H and O–H groups in total. The average molecular weight is 857 g/mol. The summed E-state index contributed by atoms with van der Waals surface area (Å²) in [5, 5.41) is 14.5. The molecule has 4 aliphatic heterocycles. The Labute approximate surface area is 349 Å². The van der Waals surface area contributed by atoms with Crippen LogP contribution in [0.5, 0.6) is 5.75 Å². The fraction of sp³-hybridized carbons (Fsp3) is 0.650. The van der Waals surface area contributed by atoms with Gasteiger partial charge in [0, 0.05) is 52.3 Å². The topological polar surface area (TPSA) is 162 Å². The molecule has 2 unspecified atom stereocenters. The minimum absolute atomic E-state index is 0.101. The first-order valence-electron chi connectivity index (χ1n) is 18.7. The summed E-state index contributed by atoms with van der Waals surface area (Å²) in [4.78, 5) is 57.2. The Morgan fingerprint density at radius 1 is 1.21 bits per heavy atom. The largest absolute Gasteiger partial charge is 0.495 e. The number of nitrogens with one attached hydrogen (secondary N) is 1. The molecule has 14 nitrogen and oxygen atoms in total. The maximum atomic E-state index is 14.2. The minimum atomic E-state index is -1.86. The Balaban J connectivity index is 1.70. The number of hydrogen-bond acceptors (Lipinski definition) is 13. The molecule has 0 radical (unpaired) electrons. The highest BCUT2D eigenvalue weighted by molar-refractivity contribution is 8.77. The number of allylic oxidation sites excluding steroid dienone is 3. The van der Waals surface area contributed by atoms with Gasteiger partial charge in [0.25, 0.3) is 0 Å². The Hall–Kier alpha value is -2.99. The van der Waals surface area contributed by atoms with Crippen molar-refractivity contribution in [2.45, 2.75) is 119 Å². The first-order valence-corrected chi connectivity index (χ1v) is 21.7. The van der Waals surface area contributed by atoms with Gasteiger partial charge in [-0.1, -0.05) is 57.0 Å². The van der Waals surface area contributed by atoms with Gasteiger partial charge in [0.05, 0.1) is 25.8 Å². The minimum Gasteiger partial charge on any atom is -0.495 e. The SMILES string of the molecule is COCC(C)(CCC(=O)N(C)[C@H](C)C(=O)O[C@H]1CC(=O)N(C)c2cc(cc(OC)c2Cl)C/C(C)=C/C=C/[C@@H](OC)[C@@]2(O)C[C@H](OC(=O)N2)C2(C)C[C@@]1(C)O2)SSC. The van der Waals surface area contributed by atoms with Gasteiger partial charge in [-0.15, -0.1) is 0 Å². The number of nitrogens with zero attached hydrogens (tertiary/aromatic N) is 2. The number of hydrogen-bond donors (Lipinski definition) is 2. The summed E-state index contributed by atoms with van der Waals surface area (Å²) in [6.07, 6.45) is 4.16. The standard InChI is InChI=1S/C40H58ClN3O11S2/c1-24-13-12-14-29(52-10)40(49)21-31(54-36(48)42-40)39(5)22-38(4,55-39)30(20-33(46)44(7)27-18-26(17-24)19-28(51-9)34(27)41)53-35(47)25(2)43(6)32(45)15-16-37(3,23-50-8)57-56-11/h12-14,18-19,25,29-31,49H,15-17,20-23H2,1-11H3,(H,42,48)/b14-12+,24-13+/t25-,29-,30+,31+,37?,38-,39?,40+/m1/s1. The van der Waals surface area contributed by atoms with Crippen LogP contribution in [-0.4, -0.2) is 128 Å². The summed E-state index contributed by atoms with van der Waals surface area (Å²) in [6.45, 7) is 9.42. The van der Waals surface area contributed by atoms with Gasteiger partial charge in [-0.3, -0.25) is 14.9 Å². The van der Waals surface area contributed by atoms with Crippen molar-refractivity contribution in [3.05, 3.63) is 46.5 Å². The van der Waals surface area contributed by atoms with Crippen LogP contribution >= 0.6 is 33.2 Å². The fourth-order valence-corrected chi connectivity index (χ4v) is 10.4. The molecule has 0 saturated carbocycles. The van der Waals surface area contributed by atoms with Gasteiger partial charge in [-0.05, 0) is 71.4 Å². The monoisotopic (exact) mass is 855 g/mol. The molecule has 0 aliphatic carbocycles. The molecule has 2 saturated heterocycles. The highest BCUT2D eigenvalue weighted by Crippen LogP contribution is 2.50. The molecule has 8 atom stereocenters. The number of fused-ring (bicyclic) bond motifs is 6. The van der Waals surface area contributed by atoms with Crippen LogP contribution in [0, 0.1) is 0 Å². The van der Waals surface area contributed by atoms with E-state index in [1.54, 1.807) is 87.8 Å². The van der Waals surface area contributed by atoms with Crippen molar-refractivity contribution < 1.29 is 52.7 Å². The van der Waals surface area contributed by atoms with E-state index in [0.29, 0.717) is 30.9 Å².